The Labute approximate surface area is 179 Å². The minimum atomic E-state index is 0.0381. The minimum Gasteiger partial charge on any atom is -0.497 e. The fraction of sp³-hybridized carbons (Fsp3) is 0.667. The molecule has 1 aliphatic heterocycles. The average Bonchev–Trinajstić information content (AvgIpc) is 3.60. The summed E-state index contributed by atoms with van der Waals surface area (Å²) >= 11 is 0. The van der Waals surface area contributed by atoms with Crippen LogP contribution in [0.4, 0.5) is 0 Å². The van der Waals surface area contributed by atoms with Crippen LogP contribution in [0.3, 0.4) is 0 Å². The number of carbonyl (C=O) groups excluding carboxylic acids is 1. The van der Waals surface area contributed by atoms with E-state index in [0.717, 1.165) is 30.9 Å². The van der Waals surface area contributed by atoms with Gasteiger partial charge in [0.25, 0.3) is 0 Å². The Bertz CT molecular complexity index is 933. The van der Waals surface area contributed by atoms with E-state index in [9.17, 15) is 4.79 Å². The van der Waals surface area contributed by atoms with Crippen molar-refractivity contribution in [3.05, 3.63) is 41.5 Å². The number of benzene rings is 1. The molecule has 1 aromatic rings. The van der Waals surface area contributed by atoms with Gasteiger partial charge in [-0.15, -0.1) is 0 Å². The summed E-state index contributed by atoms with van der Waals surface area (Å²) < 4.78 is 5.65. The quantitative estimate of drug-likeness (QED) is 0.701. The fourth-order valence-electron chi connectivity index (χ4n) is 8.58. The molecule has 8 rings (SSSR count). The molecule has 158 valence electrons. The summed E-state index contributed by atoms with van der Waals surface area (Å²) in [5.41, 5.74) is 2.99. The number of ether oxygens (including phenoxy) is 1. The molecule has 30 heavy (non-hydrogen) atoms. The molecule has 4 bridgehead atoms. The van der Waals surface area contributed by atoms with Crippen molar-refractivity contribution in [2.24, 2.45) is 35.5 Å². The standard InChI is InChI=1S/C27H33NO2/c1-30-20-9-8-19-12-22-26-25-18-6-4-17(5-7-18)24(25)23(29)14-27(26,21(19)13-20)10-11-28(22)15-16-2-3-16/h4,6,8-9,13,16-18,22,24-26H,2-3,5,7,10-12,14-15H2,1H3. The molecule has 0 aromatic heterocycles. The maximum atomic E-state index is 13.7. The van der Waals surface area contributed by atoms with Crippen molar-refractivity contribution in [3.8, 4) is 5.75 Å². The molecule has 1 aromatic carbocycles. The van der Waals surface area contributed by atoms with Crippen LogP contribution < -0.4 is 4.74 Å². The number of likely N-dealkylation sites (tertiary alicyclic amines) is 1. The van der Waals surface area contributed by atoms with Gasteiger partial charge in [-0.2, -0.15) is 0 Å². The number of carbonyl (C=O) groups is 1. The van der Waals surface area contributed by atoms with Gasteiger partial charge in [0.2, 0.25) is 0 Å². The van der Waals surface area contributed by atoms with Crippen LogP contribution in [0.25, 0.3) is 0 Å². The van der Waals surface area contributed by atoms with Crippen LogP contribution >= 0.6 is 0 Å². The van der Waals surface area contributed by atoms with E-state index >= 15 is 0 Å². The van der Waals surface area contributed by atoms with E-state index in [1.807, 2.05) is 0 Å². The lowest BCUT2D eigenvalue weighted by Gasteiger charge is -2.65. The van der Waals surface area contributed by atoms with E-state index in [4.69, 9.17) is 4.74 Å². The summed E-state index contributed by atoms with van der Waals surface area (Å²) in [6.07, 6.45) is 13.4. The second-order valence-corrected chi connectivity index (χ2v) is 11.2. The zero-order chi connectivity index (χ0) is 20.0. The van der Waals surface area contributed by atoms with Crippen molar-refractivity contribution in [1.29, 1.82) is 0 Å². The van der Waals surface area contributed by atoms with Gasteiger partial charge < -0.3 is 4.74 Å². The third kappa shape index (κ3) is 2.33. The number of allylic oxidation sites excluding steroid dienone is 2. The zero-order valence-corrected chi connectivity index (χ0v) is 18.1. The molecule has 3 nitrogen and oxygen atoms in total. The molecule has 7 unspecified atom stereocenters. The first-order valence-corrected chi connectivity index (χ1v) is 12.3. The highest BCUT2D eigenvalue weighted by molar-refractivity contribution is 5.85. The molecule has 0 amide bonds. The number of fused-ring (bicyclic) bond motifs is 2. The van der Waals surface area contributed by atoms with E-state index < -0.39 is 0 Å². The molecule has 0 N–H and O–H groups in total. The predicted octanol–water partition coefficient (Wildman–Crippen LogP) is 4.39. The number of hydrogen-bond acceptors (Lipinski definition) is 3. The first-order valence-electron chi connectivity index (χ1n) is 12.3. The molecule has 3 saturated carbocycles. The summed E-state index contributed by atoms with van der Waals surface area (Å²) in [5, 5.41) is 0. The first-order chi connectivity index (χ1) is 14.7. The smallest absolute Gasteiger partial charge is 0.137 e. The van der Waals surface area contributed by atoms with Crippen molar-refractivity contribution in [3.63, 3.8) is 0 Å². The topological polar surface area (TPSA) is 29.5 Å². The second-order valence-electron chi connectivity index (χ2n) is 11.2. The number of hydrogen-bond donors (Lipinski definition) is 0. The third-order valence-corrected chi connectivity index (χ3v) is 9.92. The Balaban J connectivity index is 1.40. The van der Waals surface area contributed by atoms with Crippen molar-refractivity contribution in [2.75, 3.05) is 20.2 Å². The van der Waals surface area contributed by atoms with Crippen LogP contribution in [0.1, 0.15) is 49.7 Å². The lowest BCUT2D eigenvalue weighted by molar-refractivity contribution is -0.151. The van der Waals surface area contributed by atoms with Crippen LogP contribution in [0.5, 0.6) is 5.75 Å². The lowest BCUT2D eigenvalue weighted by Crippen LogP contribution is -2.68. The van der Waals surface area contributed by atoms with Crippen molar-refractivity contribution in [2.45, 2.75) is 56.4 Å². The first kappa shape index (κ1) is 18.0. The average molecular weight is 404 g/mol. The largest absolute Gasteiger partial charge is 0.497 e. The monoisotopic (exact) mass is 403 g/mol. The Kier molecular flexibility index (Phi) is 3.73. The van der Waals surface area contributed by atoms with Crippen LogP contribution in [-0.2, 0) is 16.6 Å². The normalized spacial score (nSPS) is 43.7. The molecule has 7 atom stereocenters. The summed E-state index contributed by atoms with van der Waals surface area (Å²) in [4.78, 5) is 16.6. The number of rotatable bonds is 3. The molecule has 0 spiro atoms. The predicted molar refractivity (Wildman–Crippen MR) is 117 cm³/mol. The highest BCUT2D eigenvalue weighted by Gasteiger charge is 2.64. The maximum absolute atomic E-state index is 13.7. The van der Waals surface area contributed by atoms with E-state index in [1.165, 1.54) is 49.9 Å². The van der Waals surface area contributed by atoms with E-state index in [-0.39, 0.29) is 5.41 Å². The van der Waals surface area contributed by atoms with Gasteiger partial charge in [-0.05, 0) is 97.9 Å². The summed E-state index contributed by atoms with van der Waals surface area (Å²) in [7, 11) is 1.77. The van der Waals surface area contributed by atoms with Gasteiger partial charge in [-0.1, -0.05) is 18.2 Å². The minimum absolute atomic E-state index is 0.0381. The summed E-state index contributed by atoms with van der Waals surface area (Å²) in [6.45, 7) is 2.46. The lowest BCUT2D eigenvalue weighted by atomic mass is 9.42. The Morgan fingerprint density at radius 2 is 1.97 bits per heavy atom. The van der Waals surface area contributed by atoms with E-state index in [0.29, 0.717) is 41.4 Å². The number of nitrogens with zero attached hydrogens (tertiary/aromatic N) is 1. The maximum Gasteiger partial charge on any atom is 0.137 e. The molecular formula is C27H33NO2. The molecule has 0 radical (unpaired) electrons. The van der Waals surface area contributed by atoms with Crippen LogP contribution in [-0.4, -0.2) is 36.9 Å². The highest BCUT2D eigenvalue weighted by atomic mass is 16.5. The van der Waals surface area contributed by atoms with Gasteiger partial charge >= 0.3 is 0 Å². The Hall–Kier alpha value is -1.61. The zero-order valence-electron chi connectivity index (χ0n) is 18.1. The molecule has 4 fully saturated rings. The SMILES string of the molecule is COc1ccc2c(c1)C13CCN(CC4CC4)C(C2)C1C1C2C=CC(CC2)C1C(=O)C3. The highest BCUT2D eigenvalue weighted by Crippen LogP contribution is 2.64. The second kappa shape index (κ2) is 6.22. The van der Waals surface area contributed by atoms with E-state index in [1.54, 1.807) is 7.11 Å². The molecule has 7 aliphatic rings. The molecule has 1 saturated heterocycles. The number of Topliss-reactive ketones (excluding diaryl/α,β-unsaturated/α-hetero) is 1. The number of ketones is 1. The van der Waals surface area contributed by atoms with Crippen molar-refractivity contribution < 1.29 is 9.53 Å². The number of methoxy groups -OCH3 is 1. The van der Waals surface area contributed by atoms with Gasteiger partial charge in [-0.3, -0.25) is 9.69 Å². The summed E-state index contributed by atoms with van der Waals surface area (Å²) in [5.74, 6) is 5.06. The molecule has 3 heteroatoms. The van der Waals surface area contributed by atoms with Crippen LogP contribution in [0, 0.1) is 35.5 Å². The van der Waals surface area contributed by atoms with Gasteiger partial charge in [0, 0.05) is 30.3 Å². The molecule has 1 heterocycles. The Morgan fingerprint density at radius 3 is 2.73 bits per heavy atom. The van der Waals surface area contributed by atoms with Crippen LogP contribution in [0.15, 0.2) is 30.4 Å². The summed E-state index contributed by atoms with van der Waals surface area (Å²) in [6, 6.07) is 7.37. The van der Waals surface area contributed by atoms with Gasteiger partial charge in [0.15, 0.2) is 0 Å². The van der Waals surface area contributed by atoms with Gasteiger partial charge in [-0.25, -0.2) is 0 Å². The molecule has 6 aliphatic carbocycles. The van der Waals surface area contributed by atoms with Crippen molar-refractivity contribution in [1.82, 2.24) is 4.90 Å². The van der Waals surface area contributed by atoms with Gasteiger partial charge in [0.05, 0.1) is 7.11 Å². The molecular weight excluding hydrogens is 370 g/mol. The van der Waals surface area contributed by atoms with Crippen LogP contribution in [0.2, 0.25) is 0 Å². The number of piperidine rings is 1. The fourth-order valence-corrected chi connectivity index (χ4v) is 8.58. The third-order valence-electron chi connectivity index (χ3n) is 9.92. The van der Waals surface area contributed by atoms with E-state index in [2.05, 4.69) is 35.3 Å². The Morgan fingerprint density at radius 1 is 1.13 bits per heavy atom. The van der Waals surface area contributed by atoms with Gasteiger partial charge in [0.1, 0.15) is 11.5 Å². The van der Waals surface area contributed by atoms with Crippen molar-refractivity contribution >= 4 is 5.78 Å².